The van der Waals surface area contributed by atoms with E-state index >= 15 is 0 Å². The summed E-state index contributed by atoms with van der Waals surface area (Å²) in [5, 5.41) is 9.86. The first-order valence-electron chi connectivity index (χ1n) is 10.0. The van der Waals surface area contributed by atoms with Crippen molar-refractivity contribution in [1.82, 2.24) is 0 Å². The number of benzene rings is 4. The van der Waals surface area contributed by atoms with Crippen LogP contribution in [0.2, 0.25) is 0 Å². The Morgan fingerprint density at radius 2 is 1.16 bits per heavy atom. The summed E-state index contributed by atoms with van der Waals surface area (Å²) in [6.07, 6.45) is -3.86. The van der Waals surface area contributed by atoms with E-state index in [1.54, 1.807) is 24.3 Å². The molecule has 0 heterocycles. The molecule has 4 heteroatoms. The first kappa shape index (κ1) is 19.4. The number of rotatable bonds is 3. The molecule has 0 spiro atoms. The van der Waals surface area contributed by atoms with Gasteiger partial charge in [0.2, 0.25) is 0 Å². The van der Waals surface area contributed by atoms with Gasteiger partial charge in [-0.1, -0.05) is 72.8 Å². The third-order valence-electron chi connectivity index (χ3n) is 6.17. The number of halogens is 3. The van der Waals surface area contributed by atoms with Gasteiger partial charge >= 0.3 is 6.18 Å². The molecule has 0 amide bonds. The van der Waals surface area contributed by atoms with Gasteiger partial charge in [-0.3, -0.25) is 0 Å². The lowest BCUT2D eigenvalue weighted by Gasteiger charge is -2.33. The minimum Gasteiger partial charge on any atom is -0.508 e. The Balaban J connectivity index is 1.73. The number of phenols is 1. The monoisotopic (exact) mass is 416 g/mol. The second-order valence-electron chi connectivity index (χ2n) is 7.91. The van der Waals surface area contributed by atoms with Gasteiger partial charge in [0.05, 0.1) is 11.0 Å². The van der Waals surface area contributed by atoms with Crippen LogP contribution in [0.4, 0.5) is 13.2 Å². The van der Waals surface area contributed by atoms with E-state index in [1.807, 2.05) is 36.4 Å². The van der Waals surface area contributed by atoms with E-state index in [2.05, 4.69) is 24.3 Å². The van der Waals surface area contributed by atoms with Crippen molar-refractivity contribution >= 4 is 0 Å². The summed E-state index contributed by atoms with van der Waals surface area (Å²) in [7, 11) is 0. The molecule has 1 N–H and O–H groups in total. The van der Waals surface area contributed by atoms with Gasteiger partial charge in [-0.2, -0.15) is 13.2 Å². The van der Waals surface area contributed by atoms with E-state index in [0.29, 0.717) is 6.42 Å². The number of aromatic hydroxyl groups is 1. The highest BCUT2D eigenvalue weighted by Crippen LogP contribution is 2.54. The van der Waals surface area contributed by atoms with E-state index in [0.717, 1.165) is 45.5 Å². The quantitative estimate of drug-likeness (QED) is 0.382. The predicted octanol–water partition coefficient (Wildman–Crippen LogP) is 6.97. The number of phenolic OH excluding ortho intramolecular Hbond substituents is 1. The van der Waals surface area contributed by atoms with Gasteiger partial charge in [0.15, 0.2) is 0 Å². The van der Waals surface area contributed by atoms with Crippen LogP contribution in [0.5, 0.6) is 5.75 Å². The summed E-state index contributed by atoms with van der Waals surface area (Å²) >= 11 is 0. The molecule has 1 aliphatic carbocycles. The average Bonchev–Trinajstić information content (AvgIpc) is 3.05. The molecule has 0 atom stereocenters. The molecule has 1 aliphatic rings. The van der Waals surface area contributed by atoms with E-state index < -0.39 is 17.2 Å². The Kier molecular flexibility index (Phi) is 4.40. The van der Waals surface area contributed by atoms with Gasteiger partial charge < -0.3 is 5.11 Å². The summed E-state index contributed by atoms with van der Waals surface area (Å²) in [5.41, 5.74) is 5.05. The summed E-state index contributed by atoms with van der Waals surface area (Å²) in [6.45, 7) is 0. The summed E-state index contributed by atoms with van der Waals surface area (Å²) in [6, 6.07) is 28.9. The summed E-state index contributed by atoms with van der Waals surface area (Å²) < 4.78 is 39.2. The molecule has 0 aliphatic heterocycles. The van der Waals surface area contributed by atoms with Gasteiger partial charge in [-0.15, -0.1) is 0 Å². The minimum absolute atomic E-state index is 0.174. The first-order valence-corrected chi connectivity index (χ1v) is 10.0. The Morgan fingerprint density at radius 3 is 1.68 bits per heavy atom. The highest BCUT2D eigenvalue weighted by Gasteiger charge is 2.44. The van der Waals surface area contributed by atoms with Crippen LogP contribution in [0.1, 0.15) is 27.8 Å². The molecular weight excluding hydrogens is 397 g/mol. The van der Waals surface area contributed by atoms with Crippen LogP contribution in [0.25, 0.3) is 11.1 Å². The standard InChI is InChI=1S/C27H19F3O/c28-27(29,30)20-11-9-18(10-12-20)17-26(19-13-15-21(31)16-14-19)24-7-3-1-5-22(24)23-6-2-4-8-25(23)26/h1-16,31H,17H2. The Hall–Kier alpha value is -3.53. The third kappa shape index (κ3) is 3.10. The topological polar surface area (TPSA) is 20.2 Å². The minimum atomic E-state index is -4.36. The third-order valence-corrected chi connectivity index (χ3v) is 6.17. The molecule has 0 saturated carbocycles. The molecule has 0 radical (unpaired) electrons. The molecule has 4 aromatic carbocycles. The lowest BCUT2D eigenvalue weighted by molar-refractivity contribution is -0.137. The molecular formula is C27H19F3O. The summed E-state index contributed by atoms with van der Waals surface area (Å²) in [4.78, 5) is 0. The predicted molar refractivity (Wildman–Crippen MR) is 115 cm³/mol. The highest BCUT2D eigenvalue weighted by molar-refractivity contribution is 5.83. The van der Waals surface area contributed by atoms with Gasteiger partial charge in [0.1, 0.15) is 5.75 Å². The van der Waals surface area contributed by atoms with E-state index in [9.17, 15) is 18.3 Å². The molecule has 0 bridgehead atoms. The maximum Gasteiger partial charge on any atom is 0.416 e. The SMILES string of the molecule is Oc1ccc(C2(Cc3ccc(C(F)(F)F)cc3)c3ccccc3-c3ccccc32)cc1. The number of hydrogen-bond acceptors (Lipinski definition) is 1. The van der Waals surface area contributed by atoms with Crippen molar-refractivity contribution in [2.24, 2.45) is 0 Å². The maximum absolute atomic E-state index is 13.1. The fraction of sp³-hybridized carbons (Fsp3) is 0.111. The van der Waals surface area contributed by atoms with E-state index in [1.165, 1.54) is 0 Å². The molecule has 0 fully saturated rings. The van der Waals surface area contributed by atoms with Crippen LogP contribution in [0, 0.1) is 0 Å². The Bertz CT molecular complexity index is 1190. The lowest BCUT2D eigenvalue weighted by Crippen LogP contribution is -2.29. The molecule has 5 rings (SSSR count). The van der Waals surface area contributed by atoms with E-state index in [-0.39, 0.29) is 5.75 Å². The van der Waals surface area contributed by atoms with Crippen molar-refractivity contribution in [3.63, 3.8) is 0 Å². The van der Waals surface area contributed by atoms with Crippen LogP contribution in [-0.2, 0) is 18.0 Å². The van der Waals surface area contributed by atoms with Crippen molar-refractivity contribution in [2.75, 3.05) is 0 Å². The second-order valence-corrected chi connectivity index (χ2v) is 7.91. The number of alkyl halides is 3. The highest BCUT2D eigenvalue weighted by atomic mass is 19.4. The van der Waals surface area contributed by atoms with E-state index in [4.69, 9.17) is 0 Å². The average molecular weight is 416 g/mol. The van der Waals surface area contributed by atoms with Crippen molar-refractivity contribution in [2.45, 2.75) is 18.0 Å². The lowest BCUT2D eigenvalue weighted by atomic mass is 9.68. The van der Waals surface area contributed by atoms with Crippen LogP contribution in [0.3, 0.4) is 0 Å². The molecule has 154 valence electrons. The zero-order chi connectivity index (χ0) is 21.6. The second kappa shape index (κ2) is 7.02. The van der Waals surface area contributed by atoms with Crippen molar-refractivity contribution in [3.05, 3.63) is 125 Å². The molecule has 0 aromatic heterocycles. The molecule has 0 saturated heterocycles. The van der Waals surface area contributed by atoms with Crippen LogP contribution in [0.15, 0.2) is 97.1 Å². The summed E-state index contributed by atoms with van der Waals surface area (Å²) in [5.74, 6) is 0.174. The Morgan fingerprint density at radius 1 is 0.645 bits per heavy atom. The molecule has 1 nitrogen and oxygen atoms in total. The van der Waals surface area contributed by atoms with Gasteiger partial charge in [0, 0.05) is 0 Å². The van der Waals surface area contributed by atoms with Crippen LogP contribution in [-0.4, -0.2) is 5.11 Å². The molecule has 0 unspecified atom stereocenters. The maximum atomic E-state index is 13.1. The van der Waals surface area contributed by atoms with Crippen molar-refractivity contribution in [3.8, 4) is 16.9 Å². The fourth-order valence-electron chi connectivity index (χ4n) is 4.79. The van der Waals surface area contributed by atoms with Crippen LogP contribution >= 0.6 is 0 Å². The Labute approximate surface area is 178 Å². The number of hydrogen-bond donors (Lipinski definition) is 1. The first-order chi connectivity index (χ1) is 14.9. The van der Waals surface area contributed by atoms with Crippen LogP contribution < -0.4 is 0 Å². The van der Waals surface area contributed by atoms with Gasteiger partial charge in [-0.05, 0) is 64.1 Å². The van der Waals surface area contributed by atoms with Gasteiger partial charge in [0.25, 0.3) is 0 Å². The van der Waals surface area contributed by atoms with Crippen molar-refractivity contribution in [1.29, 1.82) is 0 Å². The van der Waals surface area contributed by atoms with Crippen molar-refractivity contribution < 1.29 is 18.3 Å². The zero-order valence-electron chi connectivity index (χ0n) is 16.5. The molecule has 4 aromatic rings. The smallest absolute Gasteiger partial charge is 0.416 e. The zero-order valence-corrected chi connectivity index (χ0v) is 16.5. The van der Waals surface area contributed by atoms with Gasteiger partial charge in [-0.25, -0.2) is 0 Å². The molecule has 31 heavy (non-hydrogen) atoms. The fourth-order valence-corrected chi connectivity index (χ4v) is 4.79. The number of fused-ring (bicyclic) bond motifs is 3. The largest absolute Gasteiger partial charge is 0.508 e. The normalized spacial score (nSPS) is 14.2.